The van der Waals surface area contributed by atoms with Gasteiger partial charge in [0.15, 0.2) is 12.4 Å². The highest BCUT2D eigenvalue weighted by molar-refractivity contribution is 5.76. The molecular formula is C39H60O10. The van der Waals surface area contributed by atoms with E-state index in [1.165, 1.54) is 19.4 Å². The summed E-state index contributed by atoms with van der Waals surface area (Å²) in [6.45, 7) is 18.6. The Morgan fingerprint density at radius 1 is 0.857 bits per heavy atom. The number of hydrogen-bond acceptors (Lipinski definition) is 9. The van der Waals surface area contributed by atoms with Gasteiger partial charge in [0.1, 0.15) is 24.4 Å². The van der Waals surface area contributed by atoms with Crippen LogP contribution in [0.1, 0.15) is 120 Å². The van der Waals surface area contributed by atoms with Crippen LogP contribution in [-0.2, 0) is 33.3 Å². The molecule has 5 fully saturated rings. The third-order valence-corrected chi connectivity index (χ3v) is 15.3. The van der Waals surface area contributed by atoms with Crippen LogP contribution in [-0.4, -0.2) is 76.6 Å². The number of ether oxygens (including phenoxy) is 4. The molecule has 0 amide bonds. The van der Waals surface area contributed by atoms with Gasteiger partial charge in [-0.25, -0.2) is 0 Å². The van der Waals surface area contributed by atoms with Gasteiger partial charge in [0, 0.05) is 13.8 Å². The Kier molecular flexibility index (Phi) is 9.02. The van der Waals surface area contributed by atoms with Crippen molar-refractivity contribution in [2.75, 3.05) is 6.61 Å². The first-order valence-corrected chi connectivity index (χ1v) is 18.5. The number of allylic oxidation sites excluding steroid dienone is 2. The van der Waals surface area contributed by atoms with Gasteiger partial charge in [-0.1, -0.05) is 60.1 Å². The predicted molar refractivity (Wildman–Crippen MR) is 180 cm³/mol. The average molecular weight is 689 g/mol. The van der Waals surface area contributed by atoms with Gasteiger partial charge < -0.3 is 34.3 Å². The molecule has 4 saturated carbocycles. The van der Waals surface area contributed by atoms with Crippen LogP contribution < -0.4 is 0 Å². The SMILES string of the molecule is CC(=O)O[C@@H]1[C@@H](O)[C@H](O[C@H]2[C@H](OC(C)=O)C[C@]3(C)[C@H]4CC=C5[C@@H]6CC(C)(C)CC[C@]6(C(=O)O)CC[C@@]5(C)[C@]4(C)CC[C@H]3C2(C)C)OC[C@@H]1O. The average Bonchev–Trinajstić information content (AvgIpc) is 2.97. The molecule has 276 valence electrons. The van der Waals surface area contributed by atoms with Gasteiger partial charge >= 0.3 is 17.9 Å². The zero-order valence-corrected chi connectivity index (χ0v) is 31.0. The molecule has 0 aromatic carbocycles. The smallest absolute Gasteiger partial charge is 0.310 e. The number of carboxylic acid groups (broad SMARTS) is 1. The zero-order chi connectivity index (χ0) is 36.1. The summed E-state index contributed by atoms with van der Waals surface area (Å²) >= 11 is 0. The maximum Gasteiger partial charge on any atom is 0.310 e. The summed E-state index contributed by atoms with van der Waals surface area (Å²) in [5.74, 6) is -1.20. The fourth-order valence-electron chi connectivity index (χ4n) is 12.7. The Bertz CT molecular complexity index is 1390. The van der Waals surface area contributed by atoms with E-state index in [4.69, 9.17) is 18.9 Å². The molecular weight excluding hydrogens is 628 g/mol. The molecule has 10 heteroatoms. The molecule has 1 aliphatic heterocycles. The zero-order valence-electron chi connectivity index (χ0n) is 31.0. The molecule has 6 rings (SSSR count). The molecule has 1 heterocycles. The Hall–Kier alpha value is -2.01. The minimum absolute atomic E-state index is 0.0291. The molecule has 0 aromatic heterocycles. The number of aliphatic hydroxyl groups excluding tert-OH is 2. The van der Waals surface area contributed by atoms with Crippen LogP contribution in [0.15, 0.2) is 11.6 Å². The lowest BCUT2D eigenvalue weighted by molar-refractivity contribution is -0.324. The molecule has 10 nitrogen and oxygen atoms in total. The topological polar surface area (TPSA) is 149 Å². The van der Waals surface area contributed by atoms with Gasteiger partial charge in [0.25, 0.3) is 0 Å². The normalized spacial score (nSPS) is 48.4. The minimum atomic E-state index is -1.43. The second-order valence-corrected chi connectivity index (χ2v) is 18.7. The summed E-state index contributed by atoms with van der Waals surface area (Å²) in [5.41, 5.74) is -0.229. The van der Waals surface area contributed by atoms with Crippen molar-refractivity contribution in [2.24, 2.45) is 50.2 Å². The highest BCUT2D eigenvalue weighted by atomic mass is 16.7. The van der Waals surface area contributed by atoms with Crippen molar-refractivity contribution in [3.8, 4) is 0 Å². The highest BCUT2D eigenvalue weighted by Crippen LogP contribution is 2.76. The molecule has 6 aliphatic rings. The number of carbonyl (C=O) groups excluding carboxylic acids is 2. The van der Waals surface area contributed by atoms with Gasteiger partial charge in [-0.2, -0.15) is 0 Å². The van der Waals surface area contributed by atoms with Crippen LogP contribution >= 0.6 is 0 Å². The van der Waals surface area contributed by atoms with Gasteiger partial charge in [-0.05, 0) is 103 Å². The summed E-state index contributed by atoms with van der Waals surface area (Å²) in [6.07, 6.45) is 3.58. The Morgan fingerprint density at radius 3 is 2.14 bits per heavy atom. The van der Waals surface area contributed by atoms with Crippen molar-refractivity contribution < 1.29 is 48.7 Å². The summed E-state index contributed by atoms with van der Waals surface area (Å²) in [6, 6.07) is 0. The number of aliphatic carboxylic acids is 1. The van der Waals surface area contributed by atoms with Gasteiger partial charge in [0.2, 0.25) is 0 Å². The molecule has 13 atom stereocenters. The largest absolute Gasteiger partial charge is 0.481 e. The van der Waals surface area contributed by atoms with Gasteiger partial charge in [0.05, 0.1) is 12.0 Å². The van der Waals surface area contributed by atoms with Crippen molar-refractivity contribution in [3.63, 3.8) is 0 Å². The number of carbonyl (C=O) groups is 3. The fraction of sp³-hybridized carbons (Fsp3) is 0.872. The van der Waals surface area contributed by atoms with Crippen LogP contribution in [0.5, 0.6) is 0 Å². The lowest BCUT2D eigenvalue weighted by atomic mass is 9.33. The third kappa shape index (κ3) is 5.52. The maximum absolute atomic E-state index is 13.0. The van der Waals surface area contributed by atoms with E-state index in [1.54, 1.807) is 0 Å². The lowest BCUT2D eigenvalue weighted by Crippen LogP contribution is -2.68. The van der Waals surface area contributed by atoms with Crippen LogP contribution in [0.2, 0.25) is 0 Å². The summed E-state index contributed by atoms with van der Waals surface area (Å²) in [5, 5.41) is 32.3. The van der Waals surface area contributed by atoms with Crippen LogP contribution in [0, 0.1) is 50.2 Å². The Morgan fingerprint density at radius 2 is 1.51 bits per heavy atom. The second kappa shape index (κ2) is 12.0. The summed E-state index contributed by atoms with van der Waals surface area (Å²) in [7, 11) is 0. The van der Waals surface area contributed by atoms with E-state index in [0.29, 0.717) is 12.8 Å². The number of carboxylic acids is 1. The Labute approximate surface area is 291 Å². The van der Waals surface area contributed by atoms with E-state index in [2.05, 4.69) is 54.5 Å². The van der Waals surface area contributed by atoms with E-state index in [1.807, 2.05) is 0 Å². The van der Waals surface area contributed by atoms with Gasteiger partial charge in [-0.15, -0.1) is 0 Å². The number of esters is 2. The first-order chi connectivity index (χ1) is 22.6. The first kappa shape index (κ1) is 36.8. The van der Waals surface area contributed by atoms with Crippen molar-refractivity contribution in [1.82, 2.24) is 0 Å². The van der Waals surface area contributed by atoms with Crippen molar-refractivity contribution >= 4 is 17.9 Å². The van der Waals surface area contributed by atoms with Crippen molar-refractivity contribution in [3.05, 3.63) is 11.6 Å². The molecule has 49 heavy (non-hydrogen) atoms. The van der Waals surface area contributed by atoms with Crippen LogP contribution in [0.4, 0.5) is 0 Å². The molecule has 3 N–H and O–H groups in total. The molecule has 5 aliphatic carbocycles. The maximum atomic E-state index is 13.0. The number of aliphatic hydroxyl groups is 2. The quantitative estimate of drug-likeness (QED) is 0.184. The molecule has 0 spiro atoms. The van der Waals surface area contributed by atoms with Gasteiger partial charge in [-0.3, -0.25) is 14.4 Å². The van der Waals surface area contributed by atoms with E-state index in [-0.39, 0.29) is 46.0 Å². The molecule has 0 aromatic rings. The van der Waals surface area contributed by atoms with Crippen molar-refractivity contribution in [1.29, 1.82) is 0 Å². The number of hydrogen-bond donors (Lipinski definition) is 3. The molecule has 0 unspecified atom stereocenters. The fourth-order valence-corrected chi connectivity index (χ4v) is 12.7. The summed E-state index contributed by atoms with van der Waals surface area (Å²) in [4.78, 5) is 37.4. The predicted octanol–water partition coefficient (Wildman–Crippen LogP) is 5.81. The monoisotopic (exact) mass is 688 g/mol. The lowest BCUT2D eigenvalue weighted by Gasteiger charge is -2.71. The molecule has 0 radical (unpaired) electrons. The standard InChI is InChI=1S/C39H60O10/c1-21(40)47-26-19-36(7)27(35(5,6)31(26)49-32-29(43)30(48-22(2)41)25(42)20-46-32)12-13-38(9)28(36)11-10-23-24-18-34(3,4)14-16-39(24,33(44)45)17-15-37(23,38)8/h10,24-32,42-43H,11-20H2,1-9H3,(H,44,45)/t24-,25-,26+,27-,28+,29+,30-,31-,32-,36-,37+,38+,39-/m0/s1. The van der Waals surface area contributed by atoms with E-state index in [0.717, 1.165) is 44.9 Å². The van der Waals surface area contributed by atoms with E-state index >= 15 is 0 Å². The molecule has 1 saturated heterocycles. The van der Waals surface area contributed by atoms with E-state index in [9.17, 15) is 29.7 Å². The Balaban J connectivity index is 1.35. The first-order valence-electron chi connectivity index (χ1n) is 18.5. The van der Waals surface area contributed by atoms with E-state index < -0.39 is 65.5 Å². The number of fused-ring (bicyclic) bond motifs is 7. The number of rotatable bonds is 5. The summed E-state index contributed by atoms with van der Waals surface area (Å²) < 4.78 is 23.7. The second-order valence-electron chi connectivity index (χ2n) is 18.7. The minimum Gasteiger partial charge on any atom is -0.481 e. The van der Waals surface area contributed by atoms with Crippen LogP contribution in [0.3, 0.4) is 0 Å². The molecule has 0 bridgehead atoms. The van der Waals surface area contributed by atoms with Crippen molar-refractivity contribution in [2.45, 2.75) is 157 Å². The third-order valence-electron chi connectivity index (χ3n) is 15.3. The van der Waals surface area contributed by atoms with Crippen LogP contribution in [0.25, 0.3) is 0 Å². The highest BCUT2D eigenvalue weighted by Gasteiger charge is 2.71.